The van der Waals surface area contributed by atoms with Crippen molar-refractivity contribution in [2.45, 2.75) is 33.1 Å². The summed E-state index contributed by atoms with van der Waals surface area (Å²) in [6, 6.07) is 0. The number of carbonyl (C=O) groups is 2. The highest BCUT2D eigenvalue weighted by atomic mass is 16.4. The highest BCUT2D eigenvalue weighted by Gasteiger charge is 2.43. The first kappa shape index (κ1) is 15.3. The van der Waals surface area contributed by atoms with Crippen molar-refractivity contribution in [1.82, 2.24) is 9.80 Å². The van der Waals surface area contributed by atoms with Crippen molar-refractivity contribution in [1.29, 1.82) is 0 Å². The number of carbonyl (C=O) groups excluding carboxylic acids is 1. The number of hydrogen-bond acceptors (Lipinski definition) is 3. The van der Waals surface area contributed by atoms with Crippen molar-refractivity contribution in [2.24, 2.45) is 17.8 Å². The topological polar surface area (TPSA) is 60.9 Å². The number of amides is 1. The maximum absolute atomic E-state index is 12.6. The minimum atomic E-state index is -0.800. The number of carboxylic acids is 1. The molecule has 2 rings (SSSR count). The lowest BCUT2D eigenvalue weighted by molar-refractivity contribution is -0.149. The molecule has 1 heterocycles. The zero-order valence-electron chi connectivity index (χ0n) is 12.5. The third-order valence-corrected chi connectivity index (χ3v) is 5.00. The van der Waals surface area contributed by atoms with Gasteiger partial charge in [0.1, 0.15) is 0 Å². The third-order valence-electron chi connectivity index (χ3n) is 5.00. The van der Waals surface area contributed by atoms with Crippen LogP contribution in [0.2, 0.25) is 0 Å². The molecule has 114 valence electrons. The second-order valence-corrected chi connectivity index (χ2v) is 6.06. The zero-order valence-corrected chi connectivity index (χ0v) is 12.5. The van der Waals surface area contributed by atoms with Gasteiger partial charge in [0.05, 0.1) is 11.8 Å². The van der Waals surface area contributed by atoms with Gasteiger partial charge >= 0.3 is 5.97 Å². The van der Waals surface area contributed by atoms with Gasteiger partial charge in [0.25, 0.3) is 0 Å². The highest BCUT2D eigenvalue weighted by molar-refractivity contribution is 5.85. The molecule has 1 saturated heterocycles. The van der Waals surface area contributed by atoms with Gasteiger partial charge in [-0.15, -0.1) is 0 Å². The van der Waals surface area contributed by atoms with E-state index in [0.29, 0.717) is 12.3 Å². The normalized spacial score (nSPS) is 31.5. The van der Waals surface area contributed by atoms with Crippen molar-refractivity contribution >= 4 is 11.9 Å². The maximum atomic E-state index is 12.6. The number of piperazine rings is 1. The molecule has 0 aromatic heterocycles. The fourth-order valence-electron chi connectivity index (χ4n) is 3.54. The summed E-state index contributed by atoms with van der Waals surface area (Å²) in [7, 11) is 0. The van der Waals surface area contributed by atoms with Gasteiger partial charge in [0.2, 0.25) is 5.91 Å². The lowest BCUT2D eigenvalue weighted by atomic mass is 9.94. The van der Waals surface area contributed by atoms with Gasteiger partial charge in [-0.05, 0) is 25.3 Å². The Bertz CT molecular complexity index is 364. The van der Waals surface area contributed by atoms with Crippen LogP contribution in [0.3, 0.4) is 0 Å². The van der Waals surface area contributed by atoms with Crippen LogP contribution in [0.25, 0.3) is 0 Å². The van der Waals surface area contributed by atoms with Crippen LogP contribution in [-0.4, -0.2) is 59.5 Å². The monoisotopic (exact) mass is 282 g/mol. The zero-order chi connectivity index (χ0) is 14.7. The van der Waals surface area contributed by atoms with E-state index in [4.69, 9.17) is 0 Å². The van der Waals surface area contributed by atoms with E-state index in [1.165, 1.54) is 0 Å². The summed E-state index contributed by atoms with van der Waals surface area (Å²) in [4.78, 5) is 28.2. The summed E-state index contributed by atoms with van der Waals surface area (Å²) >= 11 is 0. The van der Waals surface area contributed by atoms with Gasteiger partial charge in [-0.25, -0.2) is 0 Å². The second-order valence-electron chi connectivity index (χ2n) is 6.06. The molecule has 5 nitrogen and oxygen atoms in total. The van der Waals surface area contributed by atoms with Gasteiger partial charge in [0, 0.05) is 26.2 Å². The summed E-state index contributed by atoms with van der Waals surface area (Å²) in [5.74, 6) is -1.11. The molecule has 0 bridgehead atoms. The Morgan fingerprint density at radius 2 is 1.65 bits per heavy atom. The average molecular weight is 282 g/mol. The van der Waals surface area contributed by atoms with E-state index < -0.39 is 11.9 Å². The minimum Gasteiger partial charge on any atom is -0.481 e. The van der Waals surface area contributed by atoms with E-state index >= 15 is 0 Å². The molecule has 3 atom stereocenters. The summed E-state index contributed by atoms with van der Waals surface area (Å²) in [6.45, 7) is 8.52. The lowest BCUT2D eigenvalue weighted by Crippen LogP contribution is -2.50. The number of aliphatic carboxylic acids is 1. The van der Waals surface area contributed by atoms with Crippen LogP contribution in [0.5, 0.6) is 0 Å². The van der Waals surface area contributed by atoms with Gasteiger partial charge < -0.3 is 14.9 Å². The quantitative estimate of drug-likeness (QED) is 0.844. The molecule has 1 amide bonds. The first-order chi connectivity index (χ1) is 9.56. The van der Waals surface area contributed by atoms with Crippen molar-refractivity contribution in [3.05, 3.63) is 0 Å². The van der Waals surface area contributed by atoms with Crippen LogP contribution in [0.1, 0.15) is 33.1 Å². The highest BCUT2D eigenvalue weighted by Crippen LogP contribution is 2.39. The molecule has 3 unspecified atom stereocenters. The van der Waals surface area contributed by atoms with Gasteiger partial charge in [-0.2, -0.15) is 0 Å². The summed E-state index contributed by atoms with van der Waals surface area (Å²) in [6.07, 6.45) is 2.38. The molecular formula is C15H26N2O3. The smallest absolute Gasteiger partial charge is 0.307 e. The molecule has 0 aromatic rings. The summed E-state index contributed by atoms with van der Waals surface area (Å²) < 4.78 is 0. The molecule has 1 N–H and O–H groups in total. The molecule has 1 aliphatic heterocycles. The summed E-state index contributed by atoms with van der Waals surface area (Å²) in [5, 5.41) is 9.35. The third kappa shape index (κ3) is 3.14. The van der Waals surface area contributed by atoms with E-state index in [1.807, 2.05) is 4.90 Å². The number of nitrogens with zero attached hydrogens (tertiary/aromatic N) is 2. The number of rotatable bonds is 4. The fraction of sp³-hybridized carbons (Fsp3) is 0.867. The SMILES string of the molecule is CCC1CC(C(=O)O)C(C(=O)N2CCN(CC)CC2)C1. The largest absolute Gasteiger partial charge is 0.481 e. The summed E-state index contributed by atoms with van der Waals surface area (Å²) in [5.41, 5.74) is 0. The molecule has 1 aliphatic carbocycles. The Morgan fingerprint density at radius 3 is 2.15 bits per heavy atom. The maximum Gasteiger partial charge on any atom is 0.307 e. The molecule has 0 spiro atoms. The standard InChI is InChI=1S/C15H26N2O3/c1-3-11-9-12(13(10-11)15(19)20)14(18)17-7-5-16(4-2)6-8-17/h11-13H,3-10H2,1-2H3,(H,19,20). The minimum absolute atomic E-state index is 0.0732. The second kappa shape index (κ2) is 6.57. The lowest BCUT2D eigenvalue weighted by Gasteiger charge is -2.36. The van der Waals surface area contributed by atoms with E-state index in [0.717, 1.165) is 45.6 Å². The van der Waals surface area contributed by atoms with E-state index in [2.05, 4.69) is 18.7 Å². The predicted molar refractivity (Wildman–Crippen MR) is 76.3 cm³/mol. The van der Waals surface area contributed by atoms with Crippen LogP contribution in [0, 0.1) is 17.8 Å². The van der Waals surface area contributed by atoms with Crippen molar-refractivity contribution in [3.63, 3.8) is 0 Å². The molecule has 5 heteroatoms. The van der Waals surface area contributed by atoms with Crippen molar-refractivity contribution < 1.29 is 14.7 Å². The van der Waals surface area contributed by atoms with Gasteiger partial charge in [-0.1, -0.05) is 20.3 Å². The Kier molecular flexibility index (Phi) is 5.02. The molecular weight excluding hydrogens is 256 g/mol. The molecule has 1 saturated carbocycles. The van der Waals surface area contributed by atoms with Gasteiger partial charge in [-0.3, -0.25) is 9.59 Å². The van der Waals surface area contributed by atoms with Gasteiger partial charge in [0.15, 0.2) is 0 Å². The number of carboxylic acid groups (broad SMARTS) is 1. The first-order valence-electron chi connectivity index (χ1n) is 7.80. The Hall–Kier alpha value is -1.10. The van der Waals surface area contributed by atoms with Crippen LogP contribution in [0.4, 0.5) is 0 Å². The van der Waals surface area contributed by atoms with E-state index in [1.54, 1.807) is 0 Å². The molecule has 0 aromatic carbocycles. The Morgan fingerprint density at radius 1 is 1.05 bits per heavy atom. The van der Waals surface area contributed by atoms with Crippen molar-refractivity contribution in [3.8, 4) is 0 Å². The van der Waals surface area contributed by atoms with E-state index in [-0.39, 0.29) is 11.8 Å². The molecule has 20 heavy (non-hydrogen) atoms. The molecule has 2 fully saturated rings. The Balaban J connectivity index is 1.99. The number of likely N-dealkylation sites (N-methyl/N-ethyl adjacent to an activating group) is 1. The van der Waals surface area contributed by atoms with Crippen LogP contribution >= 0.6 is 0 Å². The Labute approximate surface area is 120 Å². The van der Waals surface area contributed by atoms with Crippen LogP contribution in [0.15, 0.2) is 0 Å². The average Bonchev–Trinajstić information content (AvgIpc) is 2.91. The number of hydrogen-bond donors (Lipinski definition) is 1. The molecule has 2 aliphatic rings. The fourth-order valence-corrected chi connectivity index (χ4v) is 3.54. The predicted octanol–water partition coefficient (Wildman–Crippen LogP) is 1.29. The van der Waals surface area contributed by atoms with Crippen LogP contribution in [-0.2, 0) is 9.59 Å². The first-order valence-corrected chi connectivity index (χ1v) is 7.80. The van der Waals surface area contributed by atoms with E-state index in [9.17, 15) is 14.7 Å². The van der Waals surface area contributed by atoms with Crippen LogP contribution < -0.4 is 0 Å². The van der Waals surface area contributed by atoms with Crippen molar-refractivity contribution in [2.75, 3.05) is 32.7 Å². The molecule has 0 radical (unpaired) electrons.